The molecule has 0 saturated heterocycles. The number of rotatable bonds is 2. The summed E-state index contributed by atoms with van der Waals surface area (Å²) in [6.07, 6.45) is 1.47. The van der Waals surface area contributed by atoms with Crippen molar-refractivity contribution in [3.63, 3.8) is 0 Å². The molecule has 1 rings (SSSR count). The van der Waals surface area contributed by atoms with Gasteiger partial charge in [0.15, 0.2) is 0 Å². The van der Waals surface area contributed by atoms with Crippen LogP contribution < -0.4 is 5.32 Å². The van der Waals surface area contributed by atoms with Crippen LogP contribution in [0.2, 0.25) is 0 Å². The molecule has 0 atom stereocenters. The van der Waals surface area contributed by atoms with E-state index < -0.39 is 0 Å². The minimum Gasteiger partial charge on any atom is -0.355 e. The molecule has 0 saturated carbocycles. The van der Waals surface area contributed by atoms with Crippen molar-refractivity contribution in [3.05, 3.63) is 41.0 Å². The summed E-state index contributed by atoms with van der Waals surface area (Å²) >= 11 is 0. The van der Waals surface area contributed by atoms with E-state index in [4.69, 9.17) is 10.5 Å². The average Bonchev–Trinajstić information content (AvgIpc) is 2.35. The third-order valence-electron chi connectivity index (χ3n) is 1.95. The highest BCUT2D eigenvalue weighted by Crippen LogP contribution is 2.08. The van der Waals surface area contributed by atoms with E-state index in [1.165, 1.54) is 6.08 Å². The lowest BCUT2D eigenvalue weighted by atomic mass is 10.1. The summed E-state index contributed by atoms with van der Waals surface area (Å²) in [5, 5.41) is 19.6. The Balaban J connectivity index is 2.98. The summed E-state index contributed by atoms with van der Waals surface area (Å²) in [6, 6.07) is 10.2. The first kappa shape index (κ1) is 11.5. The van der Waals surface area contributed by atoms with Crippen molar-refractivity contribution in [2.75, 3.05) is 7.05 Å². The number of hydrogen-bond donors (Lipinski definition) is 1. The Morgan fingerprint density at radius 3 is 2.25 bits per heavy atom. The number of nitrogens with zero attached hydrogens (tertiary/aromatic N) is 2. The molecule has 0 aliphatic carbocycles. The van der Waals surface area contributed by atoms with Crippen molar-refractivity contribution in [1.82, 2.24) is 5.32 Å². The number of nitrogens with one attached hydrogen (secondary N) is 1. The molecule has 1 amide bonds. The smallest absolute Gasteiger partial charge is 0.251 e. The molecular weight excluding hydrogens is 202 g/mol. The predicted molar refractivity (Wildman–Crippen MR) is 59.0 cm³/mol. The lowest BCUT2D eigenvalue weighted by Crippen LogP contribution is -2.17. The number of carbonyl (C=O) groups excluding carboxylic acids is 1. The molecule has 1 N–H and O–H groups in total. The van der Waals surface area contributed by atoms with Gasteiger partial charge in [-0.2, -0.15) is 10.5 Å². The molecule has 1 aromatic carbocycles. The van der Waals surface area contributed by atoms with E-state index in [1.54, 1.807) is 43.5 Å². The van der Waals surface area contributed by atoms with Gasteiger partial charge in [0, 0.05) is 12.6 Å². The second-order valence-electron chi connectivity index (χ2n) is 2.98. The van der Waals surface area contributed by atoms with Crippen LogP contribution in [0, 0.1) is 22.7 Å². The van der Waals surface area contributed by atoms with Crippen LogP contribution in [0.4, 0.5) is 0 Å². The summed E-state index contributed by atoms with van der Waals surface area (Å²) < 4.78 is 0. The van der Waals surface area contributed by atoms with Crippen LogP contribution in [0.15, 0.2) is 29.8 Å². The molecule has 0 aliphatic heterocycles. The van der Waals surface area contributed by atoms with Crippen LogP contribution in [0.3, 0.4) is 0 Å². The van der Waals surface area contributed by atoms with E-state index in [1.807, 2.05) is 0 Å². The first-order chi connectivity index (χ1) is 7.71. The molecule has 0 aliphatic rings. The minimum atomic E-state index is -0.170. The van der Waals surface area contributed by atoms with E-state index in [0.29, 0.717) is 11.1 Å². The van der Waals surface area contributed by atoms with Gasteiger partial charge in [-0.1, -0.05) is 12.1 Å². The Morgan fingerprint density at radius 2 is 1.81 bits per heavy atom. The zero-order valence-electron chi connectivity index (χ0n) is 8.69. The van der Waals surface area contributed by atoms with Crippen molar-refractivity contribution in [1.29, 1.82) is 10.5 Å². The fourth-order valence-corrected chi connectivity index (χ4v) is 1.13. The van der Waals surface area contributed by atoms with E-state index in [0.717, 1.165) is 0 Å². The minimum absolute atomic E-state index is 0.0349. The molecule has 1 aromatic rings. The third-order valence-corrected chi connectivity index (χ3v) is 1.95. The fraction of sp³-hybridized carbons (Fsp3) is 0.0833. The molecule has 0 fully saturated rings. The number of benzene rings is 1. The van der Waals surface area contributed by atoms with Crippen molar-refractivity contribution >= 4 is 12.0 Å². The molecule has 0 bridgehead atoms. The van der Waals surface area contributed by atoms with E-state index in [9.17, 15) is 4.79 Å². The van der Waals surface area contributed by atoms with Crippen molar-refractivity contribution in [2.24, 2.45) is 0 Å². The van der Waals surface area contributed by atoms with Crippen LogP contribution >= 0.6 is 0 Å². The zero-order valence-corrected chi connectivity index (χ0v) is 8.69. The van der Waals surface area contributed by atoms with Crippen LogP contribution in [0.5, 0.6) is 0 Å². The van der Waals surface area contributed by atoms with E-state index >= 15 is 0 Å². The number of carbonyl (C=O) groups is 1. The SMILES string of the molecule is CNC(=O)c1ccc(C=C(C#N)C#N)cc1. The first-order valence-electron chi connectivity index (χ1n) is 4.55. The first-order valence-corrected chi connectivity index (χ1v) is 4.55. The number of nitriles is 2. The van der Waals surface area contributed by atoms with Gasteiger partial charge < -0.3 is 5.32 Å². The quantitative estimate of drug-likeness (QED) is 0.752. The molecule has 0 aromatic heterocycles. The maximum Gasteiger partial charge on any atom is 0.251 e. The second-order valence-corrected chi connectivity index (χ2v) is 2.98. The second kappa shape index (κ2) is 5.33. The van der Waals surface area contributed by atoms with Crippen LogP contribution in [0.1, 0.15) is 15.9 Å². The van der Waals surface area contributed by atoms with E-state index in [2.05, 4.69) is 5.32 Å². The standard InChI is InChI=1S/C12H9N3O/c1-15-12(16)11-4-2-9(3-5-11)6-10(7-13)8-14/h2-6H,1H3,(H,15,16). The van der Waals surface area contributed by atoms with Gasteiger partial charge in [0.1, 0.15) is 17.7 Å². The topological polar surface area (TPSA) is 76.7 Å². The lowest BCUT2D eigenvalue weighted by molar-refractivity contribution is 0.0963. The molecular formula is C12H9N3O. The maximum absolute atomic E-state index is 11.2. The third kappa shape index (κ3) is 2.70. The van der Waals surface area contributed by atoms with Crippen molar-refractivity contribution in [3.8, 4) is 12.1 Å². The van der Waals surface area contributed by atoms with Gasteiger partial charge in [-0.05, 0) is 23.8 Å². The lowest BCUT2D eigenvalue weighted by Gasteiger charge is -1.99. The summed E-state index contributed by atoms with van der Waals surface area (Å²) in [5.74, 6) is -0.170. The number of allylic oxidation sites excluding steroid dienone is 1. The van der Waals surface area contributed by atoms with Crippen LogP contribution in [0.25, 0.3) is 6.08 Å². The monoisotopic (exact) mass is 211 g/mol. The van der Waals surface area contributed by atoms with Gasteiger partial charge in [-0.25, -0.2) is 0 Å². The average molecular weight is 211 g/mol. The molecule has 4 nitrogen and oxygen atoms in total. The van der Waals surface area contributed by atoms with Crippen LogP contribution in [-0.4, -0.2) is 13.0 Å². The van der Waals surface area contributed by atoms with Gasteiger partial charge in [0.2, 0.25) is 0 Å². The number of amides is 1. The molecule has 0 unspecified atom stereocenters. The predicted octanol–water partition coefficient (Wildman–Crippen LogP) is 1.48. The summed E-state index contributed by atoms with van der Waals surface area (Å²) in [6.45, 7) is 0. The Labute approximate surface area is 93.4 Å². The summed E-state index contributed by atoms with van der Waals surface area (Å²) in [4.78, 5) is 11.2. The van der Waals surface area contributed by atoms with Crippen molar-refractivity contribution < 1.29 is 4.79 Å². The molecule has 4 heteroatoms. The Kier molecular flexibility index (Phi) is 3.83. The number of hydrogen-bond acceptors (Lipinski definition) is 3. The largest absolute Gasteiger partial charge is 0.355 e. The summed E-state index contributed by atoms with van der Waals surface area (Å²) in [7, 11) is 1.56. The molecule has 16 heavy (non-hydrogen) atoms. The Hall–Kier alpha value is -2.59. The molecule has 0 spiro atoms. The maximum atomic E-state index is 11.2. The van der Waals surface area contributed by atoms with Gasteiger partial charge >= 0.3 is 0 Å². The van der Waals surface area contributed by atoms with Crippen LogP contribution in [-0.2, 0) is 0 Å². The highest BCUT2D eigenvalue weighted by atomic mass is 16.1. The summed E-state index contributed by atoms with van der Waals surface area (Å²) in [5.41, 5.74) is 1.29. The highest BCUT2D eigenvalue weighted by Gasteiger charge is 2.01. The molecule has 0 radical (unpaired) electrons. The fourth-order valence-electron chi connectivity index (χ4n) is 1.13. The van der Waals surface area contributed by atoms with Gasteiger partial charge in [-0.15, -0.1) is 0 Å². The normalized spacial score (nSPS) is 8.44. The Bertz CT molecular complexity index is 485. The van der Waals surface area contributed by atoms with Gasteiger partial charge in [0.25, 0.3) is 5.91 Å². The molecule has 78 valence electrons. The van der Waals surface area contributed by atoms with Crippen molar-refractivity contribution in [2.45, 2.75) is 0 Å². The van der Waals surface area contributed by atoms with E-state index in [-0.39, 0.29) is 11.5 Å². The van der Waals surface area contributed by atoms with Gasteiger partial charge in [0.05, 0.1) is 0 Å². The highest BCUT2D eigenvalue weighted by molar-refractivity contribution is 5.94. The van der Waals surface area contributed by atoms with Gasteiger partial charge in [-0.3, -0.25) is 4.79 Å². The Morgan fingerprint density at radius 1 is 1.25 bits per heavy atom. The zero-order chi connectivity index (χ0) is 12.0. The molecule has 0 heterocycles.